The molecule has 6 heteroatoms. The van der Waals surface area contributed by atoms with Crippen LogP contribution in [0.15, 0.2) is 6.33 Å². The number of H-pyrrole nitrogens is 1. The molecule has 2 heterocycles. The lowest BCUT2D eigenvalue weighted by atomic mass is 10.0. The van der Waals surface area contributed by atoms with Gasteiger partial charge in [0.15, 0.2) is 0 Å². The predicted molar refractivity (Wildman–Crippen MR) is 76.1 cm³/mol. The number of hydrogen-bond donors (Lipinski definition) is 3. The van der Waals surface area contributed by atoms with Crippen LogP contribution in [-0.2, 0) is 17.8 Å². The number of aromatic amines is 1. The molecule has 0 aliphatic carbocycles. The summed E-state index contributed by atoms with van der Waals surface area (Å²) in [7, 11) is 0. The summed E-state index contributed by atoms with van der Waals surface area (Å²) in [4.78, 5) is 21.9. The quantitative estimate of drug-likeness (QED) is 0.706. The average Bonchev–Trinajstić information content (AvgIpc) is 2.94. The number of carbonyl (C=O) groups excluding carboxylic acids is 1. The van der Waals surface area contributed by atoms with Crippen molar-refractivity contribution in [1.29, 1.82) is 0 Å². The fourth-order valence-corrected chi connectivity index (χ4v) is 2.85. The summed E-state index contributed by atoms with van der Waals surface area (Å²) in [6, 6.07) is -0.0463. The van der Waals surface area contributed by atoms with Crippen molar-refractivity contribution in [2.24, 2.45) is 0 Å². The van der Waals surface area contributed by atoms with Crippen LogP contribution in [0.2, 0.25) is 0 Å². The zero-order valence-electron chi connectivity index (χ0n) is 12.2. The number of imidazole rings is 1. The molecule has 0 saturated carbocycles. The van der Waals surface area contributed by atoms with Gasteiger partial charge in [0.05, 0.1) is 30.4 Å². The van der Waals surface area contributed by atoms with E-state index in [-0.39, 0.29) is 24.6 Å². The Morgan fingerprint density at radius 3 is 2.95 bits per heavy atom. The van der Waals surface area contributed by atoms with Crippen LogP contribution in [0.25, 0.3) is 0 Å². The highest BCUT2D eigenvalue weighted by Crippen LogP contribution is 2.16. The van der Waals surface area contributed by atoms with Crippen LogP contribution in [0.5, 0.6) is 0 Å². The Hall–Kier alpha value is -1.40. The van der Waals surface area contributed by atoms with E-state index in [1.165, 1.54) is 0 Å². The highest BCUT2D eigenvalue weighted by Gasteiger charge is 2.31. The Morgan fingerprint density at radius 2 is 2.30 bits per heavy atom. The van der Waals surface area contributed by atoms with Crippen LogP contribution < -0.4 is 5.32 Å². The molecule has 1 atom stereocenters. The summed E-state index contributed by atoms with van der Waals surface area (Å²) in [6.07, 6.45) is 4.09. The monoisotopic (exact) mass is 280 g/mol. The third-order valence-electron chi connectivity index (χ3n) is 4.04. The van der Waals surface area contributed by atoms with Crippen molar-refractivity contribution >= 4 is 5.91 Å². The number of aromatic nitrogens is 2. The standard InChI is InChI=1S/C14H24N4O2/c1-3-10(4-2)18(5-6-19)14(20)12-7-11-13(8-15-12)17-9-16-11/h9-10,12,15,19H,3-8H2,1-2H3,(H,16,17). The lowest BCUT2D eigenvalue weighted by Gasteiger charge is -2.34. The molecular weight excluding hydrogens is 256 g/mol. The Bertz CT molecular complexity index is 442. The van der Waals surface area contributed by atoms with Gasteiger partial charge in [0.1, 0.15) is 0 Å². The molecular formula is C14H24N4O2. The molecule has 3 N–H and O–H groups in total. The van der Waals surface area contributed by atoms with Gasteiger partial charge in [0.25, 0.3) is 0 Å². The molecule has 0 spiro atoms. The first-order valence-corrected chi connectivity index (χ1v) is 7.37. The van der Waals surface area contributed by atoms with Crippen LogP contribution in [-0.4, -0.2) is 51.1 Å². The van der Waals surface area contributed by atoms with Crippen molar-refractivity contribution in [3.8, 4) is 0 Å². The van der Waals surface area contributed by atoms with Crippen LogP contribution in [0.1, 0.15) is 38.1 Å². The molecule has 20 heavy (non-hydrogen) atoms. The molecule has 0 fully saturated rings. The van der Waals surface area contributed by atoms with Gasteiger partial charge < -0.3 is 15.0 Å². The molecule has 0 aromatic carbocycles. The first kappa shape index (κ1) is 15.0. The molecule has 1 aliphatic heterocycles. The number of aliphatic hydroxyl groups excluding tert-OH is 1. The molecule has 2 rings (SSSR count). The minimum atomic E-state index is -0.238. The smallest absolute Gasteiger partial charge is 0.240 e. The summed E-state index contributed by atoms with van der Waals surface area (Å²) in [5.41, 5.74) is 2.03. The molecule has 0 radical (unpaired) electrons. The second kappa shape index (κ2) is 6.85. The SMILES string of the molecule is CCC(CC)N(CCO)C(=O)C1Cc2nc[nH]c2CN1. The molecule has 1 unspecified atom stereocenters. The zero-order chi connectivity index (χ0) is 14.5. The van der Waals surface area contributed by atoms with Gasteiger partial charge in [-0.2, -0.15) is 0 Å². The Morgan fingerprint density at radius 1 is 1.55 bits per heavy atom. The summed E-state index contributed by atoms with van der Waals surface area (Å²) < 4.78 is 0. The molecule has 0 bridgehead atoms. The molecule has 0 saturated heterocycles. The van der Waals surface area contributed by atoms with E-state index >= 15 is 0 Å². The van der Waals surface area contributed by atoms with E-state index in [1.54, 1.807) is 6.33 Å². The highest BCUT2D eigenvalue weighted by molar-refractivity contribution is 5.82. The summed E-state index contributed by atoms with van der Waals surface area (Å²) >= 11 is 0. The zero-order valence-corrected chi connectivity index (χ0v) is 12.2. The highest BCUT2D eigenvalue weighted by atomic mass is 16.3. The minimum Gasteiger partial charge on any atom is -0.395 e. The van der Waals surface area contributed by atoms with E-state index in [1.807, 2.05) is 4.90 Å². The minimum absolute atomic E-state index is 0.00259. The number of amides is 1. The van der Waals surface area contributed by atoms with Crippen LogP contribution in [0, 0.1) is 0 Å². The number of aliphatic hydroxyl groups is 1. The third-order valence-corrected chi connectivity index (χ3v) is 4.04. The van der Waals surface area contributed by atoms with E-state index < -0.39 is 0 Å². The van der Waals surface area contributed by atoms with Gasteiger partial charge in [0.2, 0.25) is 5.91 Å². The van der Waals surface area contributed by atoms with Gasteiger partial charge in [-0.05, 0) is 12.8 Å². The second-order valence-electron chi connectivity index (χ2n) is 5.19. The molecule has 112 valence electrons. The third kappa shape index (κ3) is 3.02. The number of nitrogens with zero attached hydrogens (tertiary/aromatic N) is 2. The summed E-state index contributed by atoms with van der Waals surface area (Å²) in [5.74, 6) is 0.0707. The Kier molecular flexibility index (Phi) is 5.14. The van der Waals surface area contributed by atoms with Crippen molar-refractivity contribution < 1.29 is 9.90 Å². The summed E-state index contributed by atoms with van der Waals surface area (Å²) in [6.45, 7) is 5.19. The van der Waals surface area contributed by atoms with Gasteiger partial charge in [-0.15, -0.1) is 0 Å². The van der Waals surface area contributed by atoms with Gasteiger partial charge in [-0.3, -0.25) is 10.1 Å². The number of hydrogen-bond acceptors (Lipinski definition) is 4. The van der Waals surface area contributed by atoms with Crippen molar-refractivity contribution in [3.63, 3.8) is 0 Å². The summed E-state index contributed by atoms with van der Waals surface area (Å²) in [5, 5.41) is 12.5. The predicted octanol–water partition coefficient (Wildman–Crippen LogP) is 0.433. The van der Waals surface area contributed by atoms with Crippen LogP contribution in [0.3, 0.4) is 0 Å². The normalized spacial score (nSPS) is 18.1. The van der Waals surface area contributed by atoms with E-state index in [2.05, 4.69) is 29.1 Å². The molecule has 1 amide bonds. The van der Waals surface area contributed by atoms with Gasteiger partial charge in [-0.1, -0.05) is 13.8 Å². The molecule has 1 aliphatic rings. The van der Waals surface area contributed by atoms with Gasteiger partial charge in [-0.25, -0.2) is 4.98 Å². The van der Waals surface area contributed by atoms with Crippen molar-refractivity contribution in [1.82, 2.24) is 20.2 Å². The first-order chi connectivity index (χ1) is 9.71. The fraction of sp³-hybridized carbons (Fsp3) is 0.714. The fourth-order valence-electron chi connectivity index (χ4n) is 2.85. The van der Waals surface area contributed by atoms with Crippen LogP contribution >= 0.6 is 0 Å². The maximum absolute atomic E-state index is 12.7. The lowest BCUT2D eigenvalue weighted by molar-refractivity contribution is -0.136. The topological polar surface area (TPSA) is 81.2 Å². The molecule has 1 aromatic rings. The van der Waals surface area contributed by atoms with E-state index in [0.29, 0.717) is 19.5 Å². The number of fused-ring (bicyclic) bond motifs is 1. The number of rotatable bonds is 6. The molecule has 1 aromatic heterocycles. The maximum Gasteiger partial charge on any atom is 0.240 e. The second-order valence-corrected chi connectivity index (χ2v) is 5.19. The number of carbonyl (C=O) groups is 1. The van der Waals surface area contributed by atoms with E-state index in [4.69, 9.17) is 0 Å². The van der Waals surface area contributed by atoms with Crippen molar-refractivity contribution in [2.75, 3.05) is 13.2 Å². The van der Waals surface area contributed by atoms with Gasteiger partial charge >= 0.3 is 0 Å². The molecule has 6 nitrogen and oxygen atoms in total. The largest absolute Gasteiger partial charge is 0.395 e. The average molecular weight is 280 g/mol. The van der Waals surface area contributed by atoms with Crippen molar-refractivity contribution in [3.05, 3.63) is 17.7 Å². The first-order valence-electron chi connectivity index (χ1n) is 7.37. The van der Waals surface area contributed by atoms with Crippen molar-refractivity contribution in [2.45, 2.75) is 51.7 Å². The van der Waals surface area contributed by atoms with E-state index in [9.17, 15) is 9.90 Å². The van der Waals surface area contributed by atoms with Gasteiger partial charge in [0, 0.05) is 25.6 Å². The Balaban J connectivity index is 2.08. The Labute approximate surface area is 119 Å². The maximum atomic E-state index is 12.7. The number of nitrogens with one attached hydrogen (secondary N) is 2. The van der Waals surface area contributed by atoms with E-state index in [0.717, 1.165) is 24.2 Å². The lowest BCUT2D eigenvalue weighted by Crippen LogP contribution is -2.53. The van der Waals surface area contributed by atoms with Crippen LogP contribution in [0.4, 0.5) is 0 Å².